The minimum atomic E-state index is -1.29. The summed E-state index contributed by atoms with van der Waals surface area (Å²) in [7, 11) is 1.64. The van der Waals surface area contributed by atoms with Crippen molar-refractivity contribution in [2.75, 3.05) is 20.8 Å². The standard InChI is InChI=1S/C14H22N2O5S/c1-13(2,3)22(19)15-10-14(20-4,21-5)11-6-8-12(9-7-11)16(17)18/h6-9,15H,10H2,1-5H3. The van der Waals surface area contributed by atoms with Gasteiger partial charge < -0.3 is 9.47 Å². The van der Waals surface area contributed by atoms with Gasteiger partial charge in [0.2, 0.25) is 5.79 Å². The van der Waals surface area contributed by atoms with Gasteiger partial charge in [0.1, 0.15) is 0 Å². The van der Waals surface area contributed by atoms with E-state index in [1.807, 2.05) is 20.8 Å². The molecule has 0 heterocycles. The molecule has 1 atom stereocenters. The van der Waals surface area contributed by atoms with Gasteiger partial charge in [-0.25, -0.2) is 8.93 Å². The van der Waals surface area contributed by atoms with Crippen LogP contribution in [0.1, 0.15) is 26.3 Å². The van der Waals surface area contributed by atoms with Crippen LogP contribution in [-0.2, 0) is 26.2 Å². The van der Waals surface area contributed by atoms with Crippen LogP contribution in [0.2, 0.25) is 0 Å². The molecule has 124 valence electrons. The zero-order valence-electron chi connectivity index (χ0n) is 13.4. The molecule has 0 aliphatic heterocycles. The number of ether oxygens (including phenoxy) is 2. The van der Waals surface area contributed by atoms with Crippen molar-refractivity contribution in [1.82, 2.24) is 4.72 Å². The van der Waals surface area contributed by atoms with Crippen LogP contribution >= 0.6 is 0 Å². The van der Waals surface area contributed by atoms with Crippen molar-refractivity contribution < 1.29 is 18.6 Å². The summed E-state index contributed by atoms with van der Waals surface area (Å²) in [6, 6.07) is 5.88. The van der Waals surface area contributed by atoms with Crippen molar-refractivity contribution in [3.05, 3.63) is 39.9 Å². The smallest absolute Gasteiger partial charge is 0.269 e. The van der Waals surface area contributed by atoms with Gasteiger partial charge in [-0.3, -0.25) is 10.1 Å². The van der Waals surface area contributed by atoms with Gasteiger partial charge in [-0.1, -0.05) is 0 Å². The number of nitro groups is 1. The number of rotatable bonds is 7. The highest BCUT2D eigenvalue weighted by Gasteiger charge is 2.34. The van der Waals surface area contributed by atoms with Gasteiger partial charge in [0.05, 0.1) is 27.2 Å². The lowest BCUT2D eigenvalue weighted by Gasteiger charge is -2.32. The molecule has 8 heteroatoms. The van der Waals surface area contributed by atoms with Crippen LogP contribution in [0.4, 0.5) is 5.69 Å². The molecule has 1 N–H and O–H groups in total. The number of non-ortho nitro benzene ring substituents is 1. The van der Waals surface area contributed by atoms with E-state index in [-0.39, 0.29) is 12.2 Å². The van der Waals surface area contributed by atoms with E-state index in [2.05, 4.69) is 4.72 Å². The Balaban J connectivity index is 3.00. The van der Waals surface area contributed by atoms with E-state index in [1.54, 1.807) is 12.1 Å². The maximum Gasteiger partial charge on any atom is 0.269 e. The Labute approximate surface area is 132 Å². The average Bonchev–Trinajstić information content (AvgIpc) is 2.48. The van der Waals surface area contributed by atoms with E-state index < -0.39 is 26.4 Å². The summed E-state index contributed by atoms with van der Waals surface area (Å²) in [5.74, 6) is -1.17. The van der Waals surface area contributed by atoms with Crippen LogP contribution in [0.3, 0.4) is 0 Å². The minimum absolute atomic E-state index is 0.0175. The molecule has 22 heavy (non-hydrogen) atoms. The molecule has 0 saturated heterocycles. The van der Waals surface area contributed by atoms with Crippen molar-refractivity contribution in [3.63, 3.8) is 0 Å². The third kappa shape index (κ3) is 4.33. The molecule has 7 nitrogen and oxygen atoms in total. The van der Waals surface area contributed by atoms with Gasteiger partial charge in [-0.2, -0.15) is 0 Å². The normalized spacial score (nSPS) is 13.9. The number of hydrogen-bond acceptors (Lipinski definition) is 5. The summed E-state index contributed by atoms with van der Waals surface area (Å²) in [5.41, 5.74) is 0.581. The van der Waals surface area contributed by atoms with Crippen LogP contribution in [0, 0.1) is 10.1 Å². The Bertz CT molecular complexity index is 535. The van der Waals surface area contributed by atoms with Crippen LogP contribution in [0.5, 0.6) is 0 Å². The maximum absolute atomic E-state index is 12.1. The predicted octanol–water partition coefficient (Wildman–Crippen LogP) is 2.09. The van der Waals surface area contributed by atoms with Crippen LogP contribution in [0.15, 0.2) is 24.3 Å². The van der Waals surface area contributed by atoms with Crippen molar-refractivity contribution >= 4 is 16.7 Å². The summed E-state index contributed by atoms with van der Waals surface area (Å²) in [6.45, 7) is 5.69. The maximum atomic E-state index is 12.1. The van der Waals surface area contributed by atoms with Gasteiger partial charge in [-0.05, 0) is 32.9 Å². The van der Waals surface area contributed by atoms with Gasteiger partial charge in [0.25, 0.3) is 5.69 Å². The first-order valence-electron chi connectivity index (χ1n) is 6.67. The Morgan fingerprint density at radius 3 is 2.05 bits per heavy atom. The fraction of sp³-hybridized carbons (Fsp3) is 0.571. The first kappa shape index (κ1) is 18.7. The lowest BCUT2D eigenvalue weighted by molar-refractivity contribution is -0.384. The van der Waals surface area contributed by atoms with E-state index in [1.165, 1.54) is 26.4 Å². The van der Waals surface area contributed by atoms with Gasteiger partial charge in [-0.15, -0.1) is 0 Å². The largest absolute Gasteiger partial charge is 0.348 e. The summed E-state index contributed by atoms with van der Waals surface area (Å²) < 4.78 is 25.5. The Kier molecular flexibility index (Phi) is 6.18. The number of benzene rings is 1. The molecule has 0 saturated carbocycles. The summed E-state index contributed by atoms with van der Waals surface area (Å²) in [4.78, 5) is 10.2. The molecule has 0 bridgehead atoms. The zero-order valence-corrected chi connectivity index (χ0v) is 14.2. The number of nitro benzene ring substituents is 1. The van der Waals surface area contributed by atoms with E-state index in [9.17, 15) is 14.3 Å². The van der Waals surface area contributed by atoms with Gasteiger partial charge >= 0.3 is 0 Å². The van der Waals surface area contributed by atoms with Crippen LogP contribution < -0.4 is 4.72 Å². The average molecular weight is 330 g/mol. The van der Waals surface area contributed by atoms with Crippen molar-refractivity contribution in [1.29, 1.82) is 0 Å². The zero-order chi connectivity index (χ0) is 17.0. The SMILES string of the molecule is COC(CNS(=O)C(C)(C)C)(OC)c1ccc([N+](=O)[O-])cc1. The quantitative estimate of drug-likeness (QED) is 0.469. The van der Waals surface area contributed by atoms with Crippen LogP contribution in [0.25, 0.3) is 0 Å². The molecule has 1 aromatic carbocycles. The van der Waals surface area contributed by atoms with E-state index in [0.717, 1.165) is 0 Å². The lowest BCUT2D eigenvalue weighted by Crippen LogP contribution is -2.45. The molecule has 0 aliphatic carbocycles. The molecule has 1 aromatic rings. The topological polar surface area (TPSA) is 90.7 Å². The summed E-state index contributed by atoms with van der Waals surface area (Å²) >= 11 is 0. The van der Waals surface area contributed by atoms with Crippen molar-refractivity contribution in [2.45, 2.75) is 31.3 Å². The molecular formula is C14H22N2O5S. The monoisotopic (exact) mass is 330 g/mol. The Morgan fingerprint density at radius 2 is 1.68 bits per heavy atom. The van der Waals surface area contributed by atoms with Gasteiger partial charge in [0.15, 0.2) is 0 Å². The first-order valence-corrected chi connectivity index (χ1v) is 7.82. The third-order valence-electron chi connectivity index (χ3n) is 3.17. The Morgan fingerprint density at radius 1 is 1.18 bits per heavy atom. The summed E-state index contributed by atoms with van der Waals surface area (Å²) in [5, 5.41) is 10.7. The first-order chi connectivity index (χ1) is 10.2. The van der Waals surface area contributed by atoms with E-state index in [4.69, 9.17) is 9.47 Å². The highest BCUT2D eigenvalue weighted by molar-refractivity contribution is 7.84. The molecule has 0 radical (unpaired) electrons. The second-order valence-corrected chi connectivity index (χ2v) is 7.72. The molecule has 0 spiro atoms. The predicted molar refractivity (Wildman–Crippen MR) is 84.7 cm³/mol. The van der Waals surface area contributed by atoms with Crippen molar-refractivity contribution in [2.24, 2.45) is 0 Å². The molecule has 0 fully saturated rings. The summed E-state index contributed by atoms with van der Waals surface area (Å²) in [6.07, 6.45) is 0. The highest BCUT2D eigenvalue weighted by atomic mass is 32.2. The number of hydrogen-bond donors (Lipinski definition) is 1. The minimum Gasteiger partial charge on any atom is -0.348 e. The van der Waals surface area contributed by atoms with Gasteiger partial charge in [0, 0.05) is 31.9 Å². The second-order valence-electron chi connectivity index (χ2n) is 5.67. The molecule has 0 aliphatic rings. The highest BCUT2D eigenvalue weighted by Crippen LogP contribution is 2.27. The van der Waals surface area contributed by atoms with E-state index in [0.29, 0.717) is 5.56 Å². The molecule has 0 amide bonds. The third-order valence-corrected chi connectivity index (χ3v) is 4.69. The fourth-order valence-corrected chi connectivity index (χ4v) is 2.53. The molecule has 0 aromatic heterocycles. The second kappa shape index (κ2) is 7.28. The van der Waals surface area contributed by atoms with E-state index >= 15 is 0 Å². The number of nitrogens with zero attached hydrogens (tertiary/aromatic N) is 1. The fourth-order valence-electron chi connectivity index (χ4n) is 1.78. The number of nitrogens with one attached hydrogen (secondary N) is 1. The van der Waals surface area contributed by atoms with Crippen LogP contribution in [-0.4, -0.2) is 34.6 Å². The molecule has 1 unspecified atom stereocenters. The lowest BCUT2D eigenvalue weighted by atomic mass is 10.1. The Hall–Kier alpha value is -1.35. The molecule has 1 rings (SSSR count). The van der Waals surface area contributed by atoms with Crippen molar-refractivity contribution in [3.8, 4) is 0 Å². The number of methoxy groups -OCH3 is 2. The molecular weight excluding hydrogens is 308 g/mol.